The van der Waals surface area contributed by atoms with E-state index in [4.69, 9.17) is 16.6 Å². The van der Waals surface area contributed by atoms with Crippen molar-refractivity contribution in [2.45, 2.75) is 45.2 Å². The second-order valence-corrected chi connectivity index (χ2v) is 5.20. The molecule has 0 radical (unpaired) electrons. The minimum atomic E-state index is -1.56. The lowest BCUT2D eigenvalue weighted by Gasteiger charge is -2.40. The van der Waals surface area contributed by atoms with Crippen molar-refractivity contribution >= 4 is 5.97 Å². The zero-order valence-corrected chi connectivity index (χ0v) is 8.92. The van der Waals surface area contributed by atoms with Crippen LogP contribution in [0.15, 0.2) is 0 Å². The van der Waals surface area contributed by atoms with Crippen LogP contribution in [0.25, 0.3) is 0 Å². The molecule has 1 rings (SSSR count). The second-order valence-electron chi connectivity index (χ2n) is 5.20. The van der Waals surface area contributed by atoms with Crippen LogP contribution in [0.1, 0.15) is 39.5 Å². The number of aliphatic carboxylic acids is 1. The average Bonchev–Trinajstić information content (AvgIpc) is 2.02. The maximum absolute atomic E-state index is 10.9. The highest BCUT2D eigenvalue weighted by Gasteiger charge is 2.42. The van der Waals surface area contributed by atoms with Gasteiger partial charge < -0.3 is 16.6 Å². The Labute approximate surface area is 84.7 Å². The summed E-state index contributed by atoms with van der Waals surface area (Å²) in [4.78, 5) is 10.9. The summed E-state index contributed by atoms with van der Waals surface area (Å²) in [5.74, 6) is -1.20. The summed E-state index contributed by atoms with van der Waals surface area (Å²) < 4.78 is 0. The van der Waals surface area contributed by atoms with Crippen molar-refractivity contribution in [1.29, 1.82) is 0 Å². The van der Waals surface area contributed by atoms with Crippen molar-refractivity contribution in [2.24, 2.45) is 22.8 Å². The van der Waals surface area contributed by atoms with Crippen molar-refractivity contribution in [2.75, 3.05) is 0 Å². The monoisotopic (exact) mass is 200 g/mol. The number of hydrogen-bond acceptors (Lipinski definition) is 3. The van der Waals surface area contributed by atoms with E-state index in [-0.39, 0.29) is 11.3 Å². The van der Waals surface area contributed by atoms with E-state index in [1.54, 1.807) is 0 Å². The summed E-state index contributed by atoms with van der Waals surface area (Å²) >= 11 is 0. The molecule has 0 aromatic heterocycles. The van der Waals surface area contributed by atoms with Gasteiger partial charge in [-0.25, -0.2) is 4.79 Å². The molecule has 0 amide bonds. The number of nitrogens with two attached hydrogens (primary N) is 2. The molecule has 0 spiro atoms. The largest absolute Gasteiger partial charge is 0.479 e. The normalized spacial score (nSPS) is 27.3. The molecule has 82 valence electrons. The molecule has 4 nitrogen and oxygen atoms in total. The maximum Gasteiger partial charge on any atom is 0.338 e. The van der Waals surface area contributed by atoms with Crippen molar-refractivity contribution in [1.82, 2.24) is 0 Å². The van der Waals surface area contributed by atoms with Gasteiger partial charge in [0.25, 0.3) is 0 Å². The summed E-state index contributed by atoms with van der Waals surface area (Å²) in [6.07, 6.45) is 3.76. The van der Waals surface area contributed by atoms with Crippen molar-refractivity contribution in [3.63, 3.8) is 0 Å². The van der Waals surface area contributed by atoms with Gasteiger partial charge in [0.1, 0.15) is 0 Å². The number of carbonyl (C=O) groups is 1. The smallest absolute Gasteiger partial charge is 0.338 e. The zero-order chi connectivity index (χ0) is 11.0. The number of hydrogen-bond donors (Lipinski definition) is 3. The van der Waals surface area contributed by atoms with Crippen LogP contribution in [-0.4, -0.2) is 16.7 Å². The molecule has 1 saturated carbocycles. The third kappa shape index (κ3) is 2.25. The quantitative estimate of drug-likeness (QED) is 0.578. The lowest BCUT2D eigenvalue weighted by atomic mass is 9.68. The first kappa shape index (κ1) is 11.5. The molecule has 0 aromatic carbocycles. The van der Waals surface area contributed by atoms with E-state index in [1.807, 2.05) is 0 Å². The fraction of sp³-hybridized carbons (Fsp3) is 0.900. The van der Waals surface area contributed by atoms with E-state index >= 15 is 0 Å². The molecule has 0 aliphatic heterocycles. The Balaban J connectivity index is 2.74. The molecule has 0 bridgehead atoms. The van der Waals surface area contributed by atoms with Crippen molar-refractivity contribution < 1.29 is 9.90 Å². The zero-order valence-electron chi connectivity index (χ0n) is 8.92. The standard InChI is InChI=1S/C10H20N2O2/c1-9(2)5-3-4-7(6-9)10(11,12)8(13)14/h7H,3-6,11-12H2,1-2H3,(H,13,14). The van der Waals surface area contributed by atoms with Gasteiger partial charge in [0.2, 0.25) is 0 Å². The molecular weight excluding hydrogens is 180 g/mol. The molecule has 5 N–H and O–H groups in total. The van der Waals surface area contributed by atoms with E-state index in [9.17, 15) is 4.79 Å². The first-order valence-corrected chi connectivity index (χ1v) is 5.07. The summed E-state index contributed by atoms with van der Waals surface area (Å²) in [5.41, 5.74) is 9.88. The summed E-state index contributed by atoms with van der Waals surface area (Å²) in [7, 11) is 0. The van der Waals surface area contributed by atoms with Gasteiger partial charge in [-0.2, -0.15) is 0 Å². The molecule has 1 fully saturated rings. The van der Waals surface area contributed by atoms with Crippen molar-refractivity contribution in [3.8, 4) is 0 Å². The predicted molar refractivity (Wildman–Crippen MR) is 54.5 cm³/mol. The number of carboxylic acid groups (broad SMARTS) is 1. The van der Waals surface area contributed by atoms with Gasteiger partial charge in [0.15, 0.2) is 5.66 Å². The minimum absolute atomic E-state index is 0.108. The van der Waals surface area contributed by atoms with Gasteiger partial charge in [-0.15, -0.1) is 0 Å². The Hall–Kier alpha value is -0.610. The van der Waals surface area contributed by atoms with E-state index in [0.717, 1.165) is 25.7 Å². The van der Waals surface area contributed by atoms with E-state index in [1.165, 1.54) is 0 Å². The van der Waals surface area contributed by atoms with Crippen LogP contribution in [0.4, 0.5) is 0 Å². The van der Waals surface area contributed by atoms with Gasteiger partial charge in [0.05, 0.1) is 0 Å². The van der Waals surface area contributed by atoms with E-state index in [2.05, 4.69) is 13.8 Å². The Bertz CT molecular complexity index is 236. The minimum Gasteiger partial charge on any atom is -0.479 e. The van der Waals surface area contributed by atoms with Crippen LogP contribution in [-0.2, 0) is 4.79 Å². The fourth-order valence-electron chi connectivity index (χ4n) is 2.28. The summed E-state index contributed by atoms with van der Waals surface area (Å²) in [6.45, 7) is 4.27. The first-order chi connectivity index (χ1) is 6.26. The molecule has 1 unspecified atom stereocenters. The average molecular weight is 200 g/mol. The SMILES string of the molecule is CC1(C)CCCC(C(N)(N)C(=O)O)C1. The molecule has 1 aliphatic rings. The summed E-state index contributed by atoms with van der Waals surface area (Å²) in [5, 5.41) is 8.91. The number of rotatable bonds is 2. The van der Waals surface area contributed by atoms with Crippen LogP contribution in [0.5, 0.6) is 0 Å². The molecule has 0 heterocycles. The van der Waals surface area contributed by atoms with Crippen LogP contribution in [0.3, 0.4) is 0 Å². The lowest BCUT2D eigenvalue weighted by Crippen LogP contribution is -2.63. The van der Waals surface area contributed by atoms with Crippen LogP contribution < -0.4 is 11.5 Å². The highest BCUT2D eigenvalue weighted by Crippen LogP contribution is 2.41. The molecule has 1 atom stereocenters. The fourth-order valence-corrected chi connectivity index (χ4v) is 2.28. The Kier molecular flexibility index (Phi) is 2.88. The van der Waals surface area contributed by atoms with Gasteiger partial charge in [0, 0.05) is 5.92 Å². The highest BCUT2D eigenvalue weighted by atomic mass is 16.4. The molecular formula is C10H20N2O2. The predicted octanol–water partition coefficient (Wildman–Crippen LogP) is 0.901. The van der Waals surface area contributed by atoms with E-state index in [0.29, 0.717) is 0 Å². The van der Waals surface area contributed by atoms with E-state index < -0.39 is 11.6 Å². The lowest BCUT2D eigenvalue weighted by molar-refractivity contribution is -0.146. The van der Waals surface area contributed by atoms with Crippen molar-refractivity contribution in [3.05, 3.63) is 0 Å². The van der Waals surface area contributed by atoms with Crippen LogP contribution >= 0.6 is 0 Å². The maximum atomic E-state index is 10.9. The third-order valence-electron chi connectivity index (χ3n) is 3.25. The number of carboxylic acids is 1. The topological polar surface area (TPSA) is 89.3 Å². The Morgan fingerprint density at radius 3 is 2.50 bits per heavy atom. The Morgan fingerprint density at radius 2 is 2.07 bits per heavy atom. The van der Waals surface area contributed by atoms with Crippen LogP contribution in [0, 0.1) is 11.3 Å². The summed E-state index contributed by atoms with van der Waals surface area (Å²) in [6, 6.07) is 0. The molecule has 1 aliphatic carbocycles. The molecule has 0 saturated heterocycles. The van der Waals surface area contributed by atoms with Gasteiger partial charge in [-0.3, -0.25) is 0 Å². The van der Waals surface area contributed by atoms with Gasteiger partial charge >= 0.3 is 5.97 Å². The molecule has 4 heteroatoms. The third-order valence-corrected chi connectivity index (χ3v) is 3.25. The van der Waals surface area contributed by atoms with Crippen LogP contribution in [0.2, 0.25) is 0 Å². The first-order valence-electron chi connectivity index (χ1n) is 5.07. The van der Waals surface area contributed by atoms with Gasteiger partial charge in [-0.05, 0) is 24.7 Å². The molecule has 14 heavy (non-hydrogen) atoms. The highest BCUT2D eigenvalue weighted by molar-refractivity contribution is 5.78. The molecule has 0 aromatic rings. The second kappa shape index (κ2) is 3.51. The Morgan fingerprint density at radius 1 is 1.50 bits per heavy atom. The van der Waals surface area contributed by atoms with Gasteiger partial charge in [-0.1, -0.05) is 20.3 Å².